The van der Waals surface area contributed by atoms with E-state index in [0.29, 0.717) is 10.6 Å². The minimum absolute atomic E-state index is 0.549. The minimum atomic E-state index is -1.05. The van der Waals surface area contributed by atoms with E-state index in [1.807, 2.05) is 42.5 Å². The van der Waals surface area contributed by atoms with E-state index in [1.54, 1.807) is 19.9 Å². The molecule has 0 unspecified atom stereocenters. The summed E-state index contributed by atoms with van der Waals surface area (Å²) in [6.07, 6.45) is 0. The molecule has 1 aromatic heterocycles. The van der Waals surface area contributed by atoms with Gasteiger partial charge in [0.25, 0.3) is 0 Å². The van der Waals surface area contributed by atoms with Gasteiger partial charge in [0.2, 0.25) is 0 Å². The Hall–Kier alpha value is -2.29. The number of hydrogen-bond donors (Lipinski definition) is 1. The Morgan fingerprint density at radius 3 is 2.29 bits per heavy atom. The van der Waals surface area contributed by atoms with E-state index >= 15 is 0 Å². The van der Waals surface area contributed by atoms with Gasteiger partial charge in [0, 0.05) is 26.9 Å². The summed E-state index contributed by atoms with van der Waals surface area (Å²) in [6, 6.07) is 19.7. The van der Waals surface area contributed by atoms with Crippen molar-refractivity contribution in [2.24, 2.45) is 0 Å². The molecule has 0 fully saturated rings. The van der Waals surface area contributed by atoms with E-state index in [9.17, 15) is 5.11 Å². The second-order valence-electron chi connectivity index (χ2n) is 6.50. The molecule has 3 heteroatoms. The Kier molecular flexibility index (Phi) is 3.41. The lowest BCUT2D eigenvalue weighted by Crippen LogP contribution is -2.17. The number of rotatable bonds is 2. The number of hydrogen-bond acceptors (Lipinski definition) is 2. The fourth-order valence-electron chi connectivity index (χ4n) is 3.33. The summed E-state index contributed by atoms with van der Waals surface area (Å²) in [6.45, 7) is 3.49. The van der Waals surface area contributed by atoms with E-state index in [-0.39, 0.29) is 0 Å². The smallest absolute Gasteiger partial charge is 0.143 e. The number of aliphatic hydroxyl groups is 1. The van der Waals surface area contributed by atoms with Crippen LogP contribution in [-0.2, 0) is 5.60 Å². The molecule has 4 rings (SSSR count). The Morgan fingerprint density at radius 1 is 0.833 bits per heavy atom. The predicted molar refractivity (Wildman–Crippen MR) is 99.4 cm³/mol. The van der Waals surface area contributed by atoms with Gasteiger partial charge in [0.15, 0.2) is 0 Å². The molecule has 0 amide bonds. The monoisotopic (exact) mass is 336 g/mol. The van der Waals surface area contributed by atoms with Crippen LogP contribution in [0.2, 0.25) is 5.02 Å². The van der Waals surface area contributed by atoms with E-state index in [0.717, 1.165) is 33.1 Å². The number of halogens is 1. The Bertz CT molecular complexity index is 1050. The summed E-state index contributed by atoms with van der Waals surface area (Å²) in [5, 5.41) is 13.3. The van der Waals surface area contributed by atoms with Crippen LogP contribution in [0.15, 0.2) is 65.1 Å². The number of para-hydroxylation sites is 2. The van der Waals surface area contributed by atoms with Crippen LogP contribution in [0.4, 0.5) is 0 Å². The van der Waals surface area contributed by atoms with Crippen molar-refractivity contribution >= 4 is 33.5 Å². The second-order valence-corrected chi connectivity index (χ2v) is 6.91. The fraction of sp³-hybridized carbons (Fsp3) is 0.143. The highest BCUT2D eigenvalue weighted by molar-refractivity contribution is 6.32. The zero-order valence-corrected chi connectivity index (χ0v) is 14.3. The molecule has 0 bridgehead atoms. The lowest BCUT2D eigenvalue weighted by molar-refractivity contribution is 0.0793. The van der Waals surface area contributed by atoms with Gasteiger partial charge in [-0.15, -0.1) is 0 Å². The topological polar surface area (TPSA) is 33.4 Å². The quantitative estimate of drug-likeness (QED) is 0.477. The third kappa shape index (κ3) is 2.31. The highest BCUT2D eigenvalue weighted by Crippen LogP contribution is 2.41. The molecule has 1 N–H and O–H groups in total. The molecule has 0 aliphatic heterocycles. The average molecular weight is 337 g/mol. The third-order valence-electron chi connectivity index (χ3n) is 4.32. The zero-order valence-electron chi connectivity index (χ0n) is 13.5. The van der Waals surface area contributed by atoms with Crippen LogP contribution in [-0.4, -0.2) is 5.11 Å². The van der Waals surface area contributed by atoms with Crippen molar-refractivity contribution in [2.75, 3.05) is 0 Å². The van der Waals surface area contributed by atoms with E-state index in [4.69, 9.17) is 16.0 Å². The highest BCUT2D eigenvalue weighted by atomic mass is 35.5. The first-order valence-electron chi connectivity index (χ1n) is 7.89. The SMILES string of the molecule is CC(C)(O)c1c(Cl)cccc1-c1cccc2c1oc1ccccc12. The van der Waals surface area contributed by atoms with Gasteiger partial charge in [-0.25, -0.2) is 0 Å². The molecule has 0 saturated carbocycles. The van der Waals surface area contributed by atoms with Gasteiger partial charge < -0.3 is 9.52 Å². The van der Waals surface area contributed by atoms with Crippen LogP contribution in [0.1, 0.15) is 19.4 Å². The van der Waals surface area contributed by atoms with Crippen LogP contribution in [0.3, 0.4) is 0 Å². The third-order valence-corrected chi connectivity index (χ3v) is 4.63. The number of fused-ring (bicyclic) bond motifs is 3. The largest absolute Gasteiger partial charge is 0.455 e. The van der Waals surface area contributed by atoms with Crippen molar-refractivity contribution < 1.29 is 9.52 Å². The molecule has 0 spiro atoms. The van der Waals surface area contributed by atoms with Crippen molar-refractivity contribution in [2.45, 2.75) is 19.4 Å². The van der Waals surface area contributed by atoms with Gasteiger partial charge in [-0.2, -0.15) is 0 Å². The molecule has 1 heterocycles. The highest BCUT2D eigenvalue weighted by Gasteiger charge is 2.25. The van der Waals surface area contributed by atoms with Crippen molar-refractivity contribution in [1.82, 2.24) is 0 Å². The van der Waals surface area contributed by atoms with E-state index < -0.39 is 5.60 Å². The summed E-state index contributed by atoms with van der Waals surface area (Å²) in [4.78, 5) is 0. The zero-order chi connectivity index (χ0) is 16.9. The molecule has 0 radical (unpaired) electrons. The Labute approximate surface area is 145 Å². The summed E-state index contributed by atoms with van der Waals surface area (Å²) >= 11 is 6.40. The van der Waals surface area contributed by atoms with Crippen LogP contribution in [0, 0.1) is 0 Å². The van der Waals surface area contributed by atoms with Crippen LogP contribution < -0.4 is 0 Å². The van der Waals surface area contributed by atoms with Gasteiger partial charge >= 0.3 is 0 Å². The lowest BCUT2D eigenvalue weighted by atomic mass is 9.89. The van der Waals surface area contributed by atoms with Crippen molar-refractivity contribution in [3.63, 3.8) is 0 Å². The summed E-state index contributed by atoms with van der Waals surface area (Å²) in [5.41, 5.74) is 3.14. The Balaban J connectivity index is 2.10. The molecule has 24 heavy (non-hydrogen) atoms. The fourth-order valence-corrected chi connectivity index (χ4v) is 3.74. The molecule has 0 aliphatic rings. The van der Waals surface area contributed by atoms with Crippen LogP contribution in [0.5, 0.6) is 0 Å². The molecular weight excluding hydrogens is 320 g/mol. The minimum Gasteiger partial charge on any atom is -0.455 e. The van der Waals surface area contributed by atoms with Gasteiger partial charge in [0.1, 0.15) is 11.2 Å². The van der Waals surface area contributed by atoms with Gasteiger partial charge in [-0.3, -0.25) is 0 Å². The molecule has 3 aromatic carbocycles. The van der Waals surface area contributed by atoms with Gasteiger partial charge in [0.05, 0.1) is 5.60 Å². The van der Waals surface area contributed by atoms with Gasteiger partial charge in [-0.05, 0) is 31.5 Å². The molecular formula is C21H17ClO2. The normalized spacial score (nSPS) is 12.2. The van der Waals surface area contributed by atoms with Crippen LogP contribution in [0.25, 0.3) is 33.1 Å². The maximum absolute atomic E-state index is 10.6. The van der Waals surface area contributed by atoms with Crippen molar-refractivity contribution in [1.29, 1.82) is 0 Å². The van der Waals surface area contributed by atoms with Crippen molar-refractivity contribution in [3.05, 3.63) is 71.2 Å². The maximum atomic E-state index is 10.6. The predicted octanol–water partition coefficient (Wildman–Crippen LogP) is 6.13. The lowest BCUT2D eigenvalue weighted by Gasteiger charge is -2.23. The van der Waals surface area contributed by atoms with E-state index in [1.165, 1.54) is 0 Å². The summed E-state index contributed by atoms with van der Waals surface area (Å²) in [5.74, 6) is 0. The first-order chi connectivity index (χ1) is 11.5. The second kappa shape index (κ2) is 5.37. The van der Waals surface area contributed by atoms with Crippen molar-refractivity contribution in [3.8, 4) is 11.1 Å². The molecule has 2 nitrogen and oxygen atoms in total. The average Bonchev–Trinajstić information content (AvgIpc) is 2.92. The molecule has 0 saturated heterocycles. The van der Waals surface area contributed by atoms with Crippen LogP contribution >= 0.6 is 11.6 Å². The first kappa shape index (κ1) is 15.3. The Morgan fingerprint density at radius 2 is 1.50 bits per heavy atom. The standard InChI is InChI=1S/C21H17ClO2/c1-21(2,23)19-14(8-6-11-17(19)22)16-10-5-9-15-13-7-3-4-12-18(13)24-20(15)16/h3-12,23H,1-2H3. The summed E-state index contributed by atoms with van der Waals surface area (Å²) in [7, 11) is 0. The molecule has 0 atom stereocenters. The summed E-state index contributed by atoms with van der Waals surface area (Å²) < 4.78 is 6.12. The van der Waals surface area contributed by atoms with Gasteiger partial charge in [-0.1, -0.05) is 60.1 Å². The number of benzene rings is 3. The molecule has 4 aromatic rings. The number of furan rings is 1. The van der Waals surface area contributed by atoms with E-state index in [2.05, 4.69) is 12.1 Å². The first-order valence-corrected chi connectivity index (χ1v) is 8.26. The molecule has 0 aliphatic carbocycles. The maximum Gasteiger partial charge on any atom is 0.143 e. The molecule has 120 valence electrons.